The lowest BCUT2D eigenvalue weighted by molar-refractivity contribution is 0.137. The van der Waals surface area contributed by atoms with Gasteiger partial charge in [0.1, 0.15) is 11.6 Å². The van der Waals surface area contributed by atoms with Crippen molar-refractivity contribution in [3.8, 4) is 5.69 Å². The van der Waals surface area contributed by atoms with Gasteiger partial charge in [-0.15, -0.1) is 5.10 Å². The third-order valence-electron chi connectivity index (χ3n) is 6.27. The molecule has 1 amide bonds. The quantitative estimate of drug-likeness (QED) is 0.406. The number of likely N-dealkylation sites (tertiary alicyclic amines) is 1. The number of pyridine rings is 1. The molecule has 0 aliphatic carbocycles. The maximum atomic E-state index is 11.4. The highest BCUT2D eigenvalue weighted by atomic mass is 16.4. The monoisotopic (exact) mass is 443 g/mol. The molecule has 2 bridgehead atoms. The minimum atomic E-state index is -0.854. The second kappa shape index (κ2) is 7.33. The molecule has 2 saturated heterocycles. The number of carbonyl (C=O) groups is 1. The summed E-state index contributed by atoms with van der Waals surface area (Å²) in [4.78, 5) is 28.1. The fourth-order valence-electron chi connectivity index (χ4n) is 4.78. The van der Waals surface area contributed by atoms with Gasteiger partial charge in [0.25, 0.3) is 0 Å². The van der Waals surface area contributed by atoms with Gasteiger partial charge in [0.2, 0.25) is 0 Å². The lowest BCUT2D eigenvalue weighted by atomic mass is 10.2. The molecule has 11 nitrogen and oxygen atoms in total. The number of carboxylic acid groups (broad SMARTS) is 1. The molecule has 6 rings (SSSR count). The minimum absolute atomic E-state index is 0.00562. The molecular formula is C22H21N9O2. The first-order valence-electron chi connectivity index (χ1n) is 10.6. The summed E-state index contributed by atoms with van der Waals surface area (Å²) in [7, 11) is 0. The summed E-state index contributed by atoms with van der Waals surface area (Å²) in [6, 6.07) is 9.65. The zero-order chi connectivity index (χ0) is 22.5. The highest BCUT2D eigenvalue weighted by molar-refractivity contribution is 5.94. The Kier molecular flexibility index (Phi) is 4.28. The Balaban J connectivity index is 1.37. The maximum absolute atomic E-state index is 11.4. The largest absolute Gasteiger partial charge is 0.465 e. The van der Waals surface area contributed by atoms with Crippen molar-refractivity contribution in [3.05, 3.63) is 55.1 Å². The van der Waals surface area contributed by atoms with Crippen molar-refractivity contribution in [1.82, 2.24) is 29.6 Å². The number of hydrogen-bond acceptors (Lipinski definition) is 8. The van der Waals surface area contributed by atoms with Gasteiger partial charge in [0, 0.05) is 48.8 Å². The second-order valence-corrected chi connectivity index (χ2v) is 8.26. The summed E-state index contributed by atoms with van der Waals surface area (Å²) in [6.07, 6.45) is 6.58. The van der Waals surface area contributed by atoms with Crippen LogP contribution in [0.1, 0.15) is 6.42 Å². The third-order valence-corrected chi connectivity index (χ3v) is 6.27. The topological polar surface area (TPSA) is 138 Å². The van der Waals surface area contributed by atoms with Crippen LogP contribution in [0.4, 0.5) is 27.9 Å². The molecule has 5 heterocycles. The van der Waals surface area contributed by atoms with Gasteiger partial charge in [-0.3, -0.25) is 4.98 Å². The van der Waals surface area contributed by atoms with E-state index in [1.54, 1.807) is 24.8 Å². The standard InChI is InChI=1S/C22H21N9O2/c23-13-1-2-17-18(7-13)31(28-21(17)27-19-10-24-5-6-25-19)14-3-4-26-20(9-14)29-11-16-8-15(29)12-30(16)22(32)33/h1-7,9-10,15-16H,8,11-12,23H2,(H,32,33)(H,25,27,28)/t15-,16-/m0/s1. The lowest BCUT2D eigenvalue weighted by Gasteiger charge is -2.33. The molecule has 0 saturated carbocycles. The van der Waals surface area contributed by atoms with Crippen LogP contribution >= 0.6 is 0 Å². The Hall–Kier alpha value is -4.41. The van der Waals surface area contributed by atoms with Crippen LogP contribution in [0.2, 0.25) is 0 Å². The Morgan fingerprint density at radius 1 is 1.09 bits per heavy atom. The average Bonchev–Trinajstić information content (AvgIpc) is 3.53. The molecule has 2 atom stereocenters. The first-order valence-corrected chi connectivity index (χ1v) is 10.6. The van der Waals surface area contributed by atoms with Crippen molar-refractivity contribution in [2.75, 3.05) is 29.0 Å². The minimum Gasteiger partial charge on any atom is -0.465 e. The second-order valence-electron chi connectivity index (χ2n) is 8.26. The van der Waals surface area contributed by atoms with Crippen LogP contribution in [0.5, 0.6) is 0 Å². The van der Waals surface area contributed by atoms with E-state index >= 15 is 0 Å². The lowest BCUT2D eigenvalue weighted by Crippen LogP contribution is -2.48. The fraction of sp³-hybridized carbons (Fsp3) is 0.227. The molecule has 2 aliphatic heterocycles. The van der Waals surface area contributed by atoms with Crippen LogP contribution in [-0.4, -0.2) is 66.0 Å². The summed E-state index contributed by atoms with van der Waals surface area (Å²) in [6.45, 7) is 1.14. The predicted octanol–water partition coefficient (Wildman–Crippen LogP) is 2.48. The normalized spacial score (nSPS) is 19.4. The molecule has 2 fully saturated rings. The number of nitrogens with two attached hydrogens (primary N) is 1. The molecule has 4 N–H and O–H groups in total. The molecule has 0 spiro atoms. The van der Waals surface area contributed by atoms with E-state index in [0.29, 0.717) is 30.4 Å². The first kappa shape index (κ1) is 19.3. The highest BCUT2D eigenvalue weighted by Crippen LogP contribution is 2.35. The van der Waals surface area contributed by atoms with Crippen molar-refractivity contribution >= 4 is 40.1 Å². The number of anilines is 4. The van der Waals surface area contributed by atoms with Gasteiger partial charge in [-0.25, -0.2) is 19.4 Å². The molecule has 11 heteroatoms. The van der Waals surface area contributed by atoms with Gasteiger partial charge in [-0.1, -0.05) is 0 Å². The molecule has 3 aromatic heterocycles. The summed E-state index contributed by atoms with van der Waals surface area (Å²) >= 11 is 0. The van der Waals surface area contributed by atoms with Crippen LogP contribution in [0.3, 0.4) is 0 Å². The molecule has 2 aliphatic rings. The van der Waals surface area contributed by atoms with Gasteiger partial charge in [-0.05, 0) is 30.7 Å². The Morgan fingerprint density at radius 2 is 2.00 bits per heavy atom. The van der Waals surface area contributed by atoms with Crippen molar-refractivity contribution in [2.24, 2.45) is 0 Å². The molecule has 166 valence electrons. The van der Waals surface area contributed by atoms with E-state index < -0.39 is 6.09 Å². The van der Waals surface area contributed by atoms with E-state index in [0.717, 1.165) is 28.8 Å². The number of benzene rings is 1. The number of hydrogen-bond donors (Lipinski definition) is 3. The van der Waals surface area contributed by atoms with Gasteiger partial charge in [0.15, 0.2) is 5.82 Å². The number of piperazine rings is 1. The zero-order valence-corrected chi connectivity index (χ0v) is 17.5. The molecule has 1 aromatic carbocycles. The van der Waals surface area contributed by atoms with Crippen molar-refractivity contribution in [1.29, 1.82) is 0 Å². The van der Waals surface area contributed by atoms with E-state index in [9.17, 15) is 9.90 Å². The smallest absolute Gasteiger partial charge is 0.407 e. The average molecular weight is 443 g/mol. The zero-order valence-electron chi connectivity index (χ0n) is 17.5. The van der Waals surface area contributed by atoms with Gasteiger partial charge in [0.05, 0.1) is 29.5 Å². The van der Waals surface area contributed by atoms with Gasteiger partial charge < -0.3 is 26.0 Å². The number of fused-ring (bicyclic) bond motifs is 3. The van der Waals surface area contributed by atoms with E-state index in [2.05, 4.69) is 25.2 Å². The van der Waals surface area contributed by atoms with Crippen molar-refractivity contribution in [2.45, 2.75) is 18.5 Å². The van der Waals surface area contributed by atoms with Crippen LogP contribution in [0.15, 0.2) is 55.1 Å². The van der Waals surface area contributed by atoms with Crippen molar-refractivity contribution in [3.63, 3.8) is 0 Å². The summed E-state index contributed by atoms with van der Waals surface area (Å²) < 4.78 is 1.83. The third kappa shape index (κ3) is 3.25. The number of rotatable bonds is 4. The molecule has 0 unspecified atom stereocenters. The number of nitrogens with zero attached hydrogens (tertiary/aromatic N) is 7. The highest BCUT2D eigenvalue weighted by Gasteiger charge is 2.45. The number of aromatic nitrogens is 5. The summed E-state index contributed by atoms with van der Waals surface area (Å²) in [5, 5.41) is 18.3. The van der Waals surface area contributed by atoms with Crippen LogP contribution in [0.25, 0.3) is 16.6 Å². The first-order chi connectivity index (χ1) is 16.1. The molecule has 4 aromatic rings. The predicted molar refractivity (Wildman–Crippen MR) is 123 cm³/mol. The van der Waals surface area contributed by atoms with Gasteiger partial charge in [-0.2, -0.15) is 0 Å². The number of nitrogen functional groups attached to an aromatic ring is 1. The molecular weight excluding hydrogens is 422 g/mol. The van der Waals surface area contributed by atoms with E-state index in [1.165, 1.54) is 4.90 Å². The van der Waals surface area contributed by atoms with E-state index in [1.807, 2.05) is 35.0 Å². The number of nitrogens with one attached hydrogen (secondary N) is 1. The number of amides is 1. The Labute approximate surface area is 188 Å². The van der Waals surface area contributed by atoms with Gasteiger partial charge >= 0.3 is 6.09 Å². The fourth-order valence-corrected chi connectivity index (χ4v) is 4.78. The Morgan fingerprint density at radius 3 is 2.76 bits per heavy atom. The Bertz CT molecular complexity index is 1360. The van der Waals surface area contributed by atoms with Crippen LogP contribution < -0.4 is 16.0 Å². The SMILES string of the molecule is Nc1ccc2c(Nc3cnccn3)nn(-c3ccnc(N4C[C@@H]5C[C@H]4CN5C(=O)O)c3)c2c1. The van der Waals surface area contributed by atoms with Crippen molar-refractivity contribution < 1.29 is 9.90 Å². The summed E-state index contributed by atoms with van der Waals surface area (Å²) in [5.41, 5.74) is 8.40. The summed E-state index contributed by atoms with van der Waals surface area (Å²) in [5.74, 6) is 2.04. The van der Waals surface area contributed by atoms with E-state index in [4.69, 9.17) is 10.8 Å². The maximum Gasteiger partial charge on any atom is 0.407 e. The molecule has 33 heavy (non-hydrogen) atoms. The molecule has 0 radical (unpaired) electrons. The van der Waals surface area contributed by atoms with Crippen LogP contribution in [-0.2, 0) is 0 Å². The van der Waals surface area contributed by atoms with Crippen LogP contribution in [0, 0.1) is 0 Å². The van der Waals surface area contributed by atoms with E-state index in [-0.39, 0.29) is 12.1 Å².